The molecule has 2 rings (SSSR count). The fourth-order valence-electron chi connectivity index (χ4n) is 2.33. The third-order valence-corrected chi connectivity index (χ3v) is 3.50. The molecular weight excluding hydrogens is 232 g/mol. The maximum absolute atomic E-state index is 11.9. The van der Waals surface area contributed by atoms with Crippen LogP contribution in [0.4, 0.5) is 0 Å². The fourth-order valence-corrected chi connectivity index (χ4v) is 2.33. The number of aromatic nitrogens is 1. The minimum absolute atomic E-state index is 0.332. The maximum atomic E-state index is 11.9. The highest BCUT2D eigenvalue weighted by Crippen LogP contribution is 2.33. The van der Waals surface area contributed by atoms with Gasteiger partial charge in [0.15, 0.2) is 0 Å². The van der Waals surface area contributed by atoms with E-state index >= 15 is 0 Å². The molecule has 2 heterocycles. The molecule has 1 fully saturated rings. The smallest absolute Gasteiger partial charge is 0.319 e. The lowest BCUT2D eigenvalue weighted by molar-refractivity contribution is -0.158. The van der Waals surface area contributed by atoms with Crippen LogP contribution in [-0.4, -0.2) is 28.5 Å². The zero-order chi connectivity index (χ0) is 13.0. The van der Waals surface area contributed by atoms with Crippen LogP contribution < -0.4 is 5.32 Å². The lowest BCUT2D eigenvalue weighted by Gasteiger charge is -2.32. The van der Waals surface area contributed by atoms with Crippen LogP contribution in [-0.2, 0) is 16.0 Å². The molecule has 0 aromatic carbocycles. The number of rotatable bonds is 4. The fraction of sp³-hybridized carbons (Fsp3) is 0.462. The minimum Gasteiger partial charge on any atom is -0.480 e. The average Bonchev–Trinajstić information content (AvgIpc) is 2.39. The molecule has 5 nitrogen and oxygen atoms in total. The quantitative estimate of drug-likeness (QED) is 0.779. The largest absolute Gasteiger partial charge is 0.480 e. The van der Waals surface area contributed by atoms with Gasteiger partial charge in [0.25, 0.3) is 0 Å². The molecular formula is C13H16N2O3. The number of nitrogens with one attached hydrogen (secondary N) is 1. The van der Waals surface area contributed by atoms with Crippen molar-refractivity contribution in [3.8, 4) is 0 Å². The van der Waals surface area contributed by atoms with E-state index in [1.165, 1.54) is 0 Å². The maximum Gasteiger partial charge on any atom is 0.319 e. The molecule has 96 valence electrons. The van der Waals surface area contributed by atoms with E-state index in [0.29, 0.717) is 32.2 Å². The van der Waals surface area contributed by atoms with E-state index in [2.05, 4.69) is 10.3 Å². The Bertz CT molecular complexity index is 447. The monoisotopic (exact) mass is 248 g/mol. The van der Waals surface area contributed by atoms with Gasteiger partial charge >= 0.3 is 5.97 Å². The Hall–Kier alpha value is -1.91. The van der Waals surface area contributed by atoms with E-state index in [0.717, 1.165) is 5.56 Å². The molecule has 0 spiro atoms. The summed E-state index contributed by atoms with van der Waals surface area (Å²) in [5, 5.41) is 12.0. The van der Waals surface area contributed by atoms with Crippen molar-refractivity contribution in [3.05, 3.63) is 30.1 Å². The predicted octanol–water partition coefficient (Wildman–Crippen LogP) is 0.995. The van der Waals surface area contributed by atoms with E-state index in [9.17, 15) is 14.7 Å². The standard InChI is InChI=1S/C13H16N2O3/c16-11-13(12(17)18,5-1-7-15-11)6-2-10-3-8-14-9-4-10/h3-4,8-9H,1-2,5-7H2,(H,15,16)(H,17,18)/t13-/m0/s1. The Labute approximate surface area is 105 Å². The first-order valence-electron chi connectivity index (χ1n) is 6.06. The van der Waals surface area contributed by atoms with Gasteiger partial charge < -0.3 is 10.4 Å². The number of carbonyl (C=O) groups is 2. The summed E-state index contributed by atoms with van der Waals surface area (Å²) in [6, 6.07) is 3.69. The summed E-state index contributed by atoms with van der Waals surface area (Å²) in [7, 11) is 0. The number of hydrogen-bond donors (Lipinski definition) is 2. The van der Waals surface area contributed by atoms with Gasteiger partial charge in [-0.1, -0.05) is 0 Å². The molecule has 0 unspecified atom stereocenters. The summed E-state index contributed by atoms with van der Waals surface area (Å²) in [5.74, 6) is -1.37. The SMILES string of the molecule is O=C(O)[C@]1(CCc2ccncc2)CCCNC1=O. The molecule has 1 amide bonds. The van der Waals surface area contributed by atoms with Crippen LogP contribution in [0.3, 0.4) is 0 Å². The van der Waals surface area contributed by atoms with Crippen LogP contribution in [0.5, 0.6) is 0 Å². The van der Waals surface area contributed by atoms with Crippen LogP contribution in [0.25, 0.3) is 0 Å². The Morgan fingerprint density at radius 1 is 1.44 bits per heavy atom. The number of carboxylic acid groups (broad SMARTS) is 1. The molecule has 2 N–H and O–H groups in total. The molecule has 18 heavy (non-hydrogen) atoms. The van der Waals surface area contributed by atoms with E-state index in [1.54, 1.807) is 12.4 Å². The average molecular weight is 248 g/mol. The molecule has 0 aliphatic carbocycles. The van der Waals surface area contributed by atoms with Crippen molar-refractivity contribution in [2.24, 2.45) is 5.41 Å². The number of piperidine rings is 1. The highest BCUT2D eigenvalue weighted by molar-refractivity contribution is 6.02. The van der Waals surface area contributed by atoms with E-state index < -0.39 is 11.4 Å². The molecule has 1 aliphatic heterocycles. The van der Waals surface area contributed by atoms with Gasteiger partial charge in [-0.25, -0.2) is 0 Å². The molecule has 0 saturated carbocycles. The first-order valence-corrected chi connectivity index (χ1v) is 6.06. The van der Waals surface area contributed by atoms with Crippen molar-refractivity contribution in [1.82, 2.24) is 10.3 Å². The molecule has 5 heteroatoms. The Balaban J connectivity index is 2.12. The molecule has 1 aromatic heterocycles. The van der Waals surface area contributed by atoms with E-state index in [4.69, 9.17) is 0 Å². The number of aliphatic carboxylic acids is 1. The van der Waals surface area contributed by atoms with Crippen molar-refractivity contribution in [2.45, 2.75) is 25.7 Å². The molecule has 1 atom stereocenters. The predicted molar refractivity (Wildman–Crippen MR) is 64.9 cm³/mol. The van der Waals surface area contributed by atoms with E-state index in [-0.39, 0.29) is 5.91 Å². The number of aryl methyl sites for hydroxylation is 1. The number of nitrogens with zero attached hydrogens (tertiary/aromatic N) is 1. The second-order valence-corrected chi connectivity index (χ2v) is 4.60. The molecule has 1 saturated heterocycles. The van der Waals surface area contributed by atoms with Gasteiger partial charge in [-0.2, -0.15) is 0 Å². The number of carboxylic acids is 1. The third-order valence-electron chi connectivity index (χ3n) is 3.50. The Kier molecular flexibility index (Phi) is 3.60. The van der Waals surface area contributed by atoms with Gasteiger partial charge in [0.2, 0.25) is 5.91 Å². The number of hydrogen-bond acceptors (Lipinski definition) is 3. The summed E-state index contributed by atoms with van der Waals surface area (Å²) >= 11 is 0. The highest BCUT2D eigenvalue weighted by atomic mass is 16.4. The van der Waals surface area contributed by atoms with Crippen LogP contribution in [0, 0.1) is 5.41 Å². The van der Waals surface area contributed by atoms with Crippen LogP contribution in [0.1, 0.15) is 24.8 Å². The second-order valence-electron chi connectivity index (χ2n) is 4.60. The third kappa shape index (κ3) is 2.34. The first kappa shape index (κ1) is 12.5. The van der Waals surface area contributed by atoms with Crippen molar-refractivity contribution in [1.29, 1.82) is 0 Å². The number of pyridine rings is 1. The zero-order valence-electron chi connectivity index (χ0n) is 10.1. The van der Waals surface area contributed by atoms with Gasteiger partial charge in [-0.15, -0.1) is 0 Å². The van der Waals surface area contributed by atoms with Crippen LogP contribution in [0.2, 0.25) is 0 Å². The van der Waals surface area contributed by atoms with Crippen molar-refractivity contribution >= 4 is 11.9 Å². The Morgan fingerprint density at radius 3 is 2.78 bits per heavy atom. The summed E-state index contributed by atoms with van der Waals surface area (Å²) in [6.07, 6.45) is 5.38. The van der Waals surface area contributed by atoms with Gasteiger partial charge in [-0.05, 0) is 43.4 Å². The van der Waals surface area contributed by atoms with Gasteiger partial charge in [0.05, 0.1) is 0 Å². The topological polar surface area (TPSA) is 79.3 Å². The van der Waals surface area contributed by atoms with Gasteiger partial charge in [0, 0.05) is 18.9 Å². The summed E-state index contributed by atoms with van der Waals surface area (Å²) < 4.78 is 0. The minimum atomic E-state index is -1.26. The molecule has 0 radical (unpaired) electrons. The summed E-state index contributed by atoms with van der Waals surface area (Å²) in [4.78, 5) is 27.2. The molecule has 0 bridgehead atoms. The van der Waals surface area contributed by atoms with Crippen LogP contribution >= 0.6 is 0 Å². The van der Waals surface area contributed by atoms with Gasteiger partial charge in [-0.3, -0.25) is 14.6 Å². The first-order chi connectivity index (χ1) is 8.65. The molecule has 1 aromatic rings. The zero-order valence-corrected chi connectivity index (χ0v) is 10.1. The summed E-state index contributed by atoms with van der Waals surface area (Å²) in [6.45, 7) is 0.573. The Morgan fingerprint density at radius 2 is 2.17 bits per heavy atom. The van der Waals surface area contributed by atoms with Crippen molar-refractivity contribution in [3.63, 3.8) is 0 Å². The van der Waals surface area contributed by atoms with Gasteiger partial charge in [0.1, 0.15) is 5.41 Å². The van der Waals surface area contributed by atoms with Crippen molar-refractivity contribution < 1.29 is 14.7 Å². The lowest BCUT2D eigenvalue weighted by Crippen LogP contribution is -2.50. The second kappa shape index (κ2) is 5.16. The van der Waals surface area contributed by atoms with Crippen LogP contribution in [0.15, 0.2) is 24.5 Å². The van der Waals surface area contributed by atoms with Crippen molar-refractivity contribution in [2.75, 3.05) is 6.54 Å². The highest BCUT2D eigenvalue weighted by Gasteiger charge is 2.46. The normalized spacial score (nSPS) is 23.4. The lowest BCUT2D eigenvalue weighted by atomic mass is 9.75. The molecule has 1 aliphatic rings. The number of carbonyl (C=O) groups excluding carboxylic acids is 1. The van der Waals surface area contributed by atoms with E-state index in [1.807, 2.05) is 12.1 Å². The number of amides is 1. The summed E-state index contributed by atoms with van der Waals surface area (Å²) in [5.41, 5.74) is -0.259.